The first kappa shape index (κ1) is 16.4. The average molecular weight is 295 g/mol. The molecule has 0 aliphatic heterocycles. The van der Waals surface area contributed by atoms with Crippen molar-refractivity contribution in [2.75, 3.05) is 18.9 Å². The van der Waals surface area contributed by atoms with Crippen LogP contribution in [0.2, 0.25) is 0 Å². The fourth-order valence-corrected chi connectivity index (χ4v) is 1.63. The summed E-state index contributed by atoms with van der Waals surface area (Å²) in [4.78, 5) is 33.7. The highest BCUT2D eigenvalue weighted by Gasteiger charge is 2.22. The first-order valence-electron chi connectivity index (χ1n) is 6.35. The molecule has 1 aromatic rings. The van der Waals surface area contributed by atoms with Crippen LogP contribution < -0.4 is 10.6 Å². The van der Waals surface area contributed by atoms with Crippen LogP contribution in [-0.2, 0) is 9.53 Å². The van der Waals surface area contributed by atoms with Crippen molar-refractivity contribution in [2.45, 2.75) is 20.0 Å². The second-order valence-corrected chi connectivity index (χ2v) is 4.18. The molecular weight excluding hydrogens is 278 g/mol. The van der Waals surface area contributed by atoms with E-state index in [0.29, 0.717) is 12.2 Å². The molecular formula is C13H17N3O5. The van der Waals surface area contributed by atoms with Gasteiger partial charge in [-0.2, -0.15) is 0 Å². The monoisotopic (exact) mass is 295 g/mol. The van der Waals surface area contributed by atoms with Gasteiger partial charge in [0, 0.05) is 31.4 Å². The number of hydrogen-bond acceptors (Lipinski definition) is 6. The summed E-state index contributed by atoms with van der Waals surface area (Å²) >= 11 is 0. The maximum Gasteiger partial charge on any atom is 0.341 e. The molecule has 2 N–H and O–H groups in total. The second kappa shape index (κ2) is 7.22. The van der Waals surface area contributed by atoms with E-state index in [-0.39, 0.29) is 11.3 Å². The summed E-state index contributed by atoms with van der Waals surface area (Å²) in [6.45, 7) is 3.59. The lowest BCUT2D eigenvalue weighted by Gasteiger charge is -2.14. The highest BCUT2D eigenvalue weighted by molar-refractivity contribution is 5.98. The molecule has 8 heteroatoms. The van der Waals surface area contributed by atoms with Crippen molar-refractivity contribution in [3.05, 3.63) is 33.9 Å². The van der Waals surface area contributed by atoms with Crippen molar-refractivity contribution in [1.82, 2.24) is 5.32 Å². The molecule has 0 saturated heterocycles. The first-order chi connectivity index (χ1) is 9.90. The fourth-order valence-electron chi connectivity index (χ4n) is 1.63. The van der Waals surface area contributed by atoms with E-state index >= 15 is 0 Å². The average Bonchev–Trinajstić information content (AvgIpc) is 2.46. The van der Waals surface area contributed by atoms with Gasteiger partial charge in [0.05, 0.1) is 10.5 Å². The van der Waals surface area contributed by atoms with Crippen LogP contribution in [0.4, 0.5) is 11.4 Å². The van der Waals surface area contributed by atoms with Gasteiger partial charge in [0.2, 0.25) is 0 Å². The predicted molar refractivity (Wildman–Crippen MR) is 76.2 cm³/mol. The molecule has 0 unspecified atom stereocenters. The molecule has 114 valence electrons. The topological polar surface area (TPSA) is 111 Å². The highest BCUT2D eigenvalue weighted by atomic mass is 16.6. The van der Waals surface area contributed by atoms with Crippen molar-refractivity contribution in [1.29, 1.82) is 0 Å². The third-order valence-electron chi connectivity index (χ3n) is 2.71. The van der Waals surface area contributed by atoms with Gasteiger partial charge in [0.15, 0.2) is 6.10 Å². The van der Waals surface area contributed by atoms with Gasteiger partial charge in [-0.05, 0) is 19.9 Å². The summed E-state index contributed by atoms with van der Waals surface area (Å²) in [5.41, 5.74) is 0.156. The van der Waals surface area contributed by atoms with Crippen LogP contribution in [0.5, 0.6) is 0 Å². The lowest BCUT2D eigenvalue weighted by atomic mass is 10.1. The molecule has 0 spiro atoms. The predicted octanol–water partition coefficient (Wildman–Crippen LogP) is 1.32. The summed E-state index contributed by atoms with van der Waals surface area (Å²) in [5.74, 6) is -1.23. The summed E-state index contributed by atoms with van der Waals surface area (Å²) in [6.07, 6.45) is -0.985. The number of nitro benzene ring substituents is 1. The molecule has 1 atom stereocenters. The molecule has 0 aliphatic carbocycles. The molecule has 0 aromatic heterocycles. The second-order valence-electron chi connectivity index (χ2n) is 4.18. The summed E-state index contributed by atoms with van der Waals surface area (Å²) in [7, 11) is 1.57. The first-order valence-corrected chi connectivity index (χ1v) is 6.35. The number of nitrogens with zero attached hydrogens (tertiary/aromatic N) is 1. The van der Waals surface area contributed by atoms with E-state index in [4.69, 9.17) is 4.74 Å². The van der Waals surface area contributed by atoms with Crippen LogP contribution in [-0.4, -0.2) is 36.5 Å². The number of hydrogen-bond donors (Lipinski definition) is 2. The molecule has 0 aliphatic rings. The number of rotatable bonds is 6. The number of carbonyl (C=O) groups excluding carboxylic acids is 2. The minimum atomic E-state index is -0.985. The van der Waals surface area contributed by atoms with E-state index in [0.717, 1.165) is 6.07 Å². The molecule has 1 rings (SSSR count). The quantitative estimate of drug-likeness (QED) is 0.465. The molecule has 1 amide bonds. The number of esters is 1. The highest BCUT2D eigenvalue weighted by Crippen LogP contribution is 2.23. The lowest BCUT2D eigenvalue weighted by molar-refractivity contribution is -0.384. The number of non-ortho nitro benzene ring substituents is 1. The fraction of sp³-hybridized carbons (Fsp3) is 0.385. The van der Waals surface area contributed by atoms with Crippen LogP contribution in [0.1, 0.15) is 24.2 Å². The van der Waals surface area contributed by atoms with E-state index in [1.165, 1.54) is 19.1 Å². The molecule has 1 aromatic carbocycles. The molecule has 8 nitrogen and oxygen atoms in total. The normalized spacial score (nSPS) is 11.4. The number of likely N-dealkylation sites (N-methyl/N-ethyl adjacent to an activating group) is 1. The van der Waals surface area contributed by atoms with Gasteiger partial charge in [-0.1, -0.05) is 0 Å². The zero-order valence-electron chi connectivity index (χ0n) is 12.0. The molecule has 0 radical (unpaired) electrons. The Bertz CT molecular complexity index is 559. The van der Waals surface area contributed by atoms with Crippen molar-refractivity contribution >= 4 is 23.3 Å². The summed E-state index contributed by atoms with van der Waals surface area (Å²) < 4.78 is 5.01. The molecule has 0 bridgehead atoms. The minimum absolute atomic E-state index is 0.00264. The maximum absolute atomic E-state index is 12.1. The SMILES string of the molecule is CCNC(=O)[C@H](C)OC(=O)c1cc([N+](=O)[O-])ccc1NC. The van der Waals surface area contributed by atoms with Crippen LogP contribution in [0.25, 0.3) is 0 Å². The summed E-state index contributed by atoms with van der Waals surface area (Å²) in [6, 6.07) is 3.79. The number of nitrogens with one attached hydrogen (secondary N) is 2. The minimum Gasteiger partial charge on any atom is -0.449 e. The Morgan fingerprint density at radius 1 is 1.43 bits per heavy atom. The van der Waals surface area contributed by atoms with Crippen LogP contribution in [0, 0.1) is 10.1 Å². The van der Waals surface area contributed by atoms with Crippen LogP contribution >= 0.6 is 0 Å². The van der Waals surface area contributed by atoms with Crippen molar-refractivity contribution < 1.29 is 19.2 Å². The van der Waals surface area contributed by atoms with Gasteiger partial charge < -0.3 is 15.4 Å². The number of nitro groups is 1. The van der Waals surface area contributed by atoms with E-state index in [1.807, 2.05) is 0 Å². The van der Waals surface area contributed by atoms with Crippen molar-refractivity contribution in [2.24, 2.45) is 0 Å². The molecule has 0 fully saturated rings. The Labute approximate surface area is 121 Å². The Balaban J connectivity index is 2.97. The van der Waals surface area contributed by atoms with E-state index in [9.17, 15) is 19.7 Å². The zero-order valence-corrected chi connectivity index (χ0v) is 12.0. The Kier molecular flexibility index (Phi) is 5.65. The van der Waals surface area contributed by atoms with Gasteiger partial charge >= 0.3 is 5.97 Å². The Hall–Kier alpha value is -2.64. The third-order valence-corrected chi connectivity index (χ3v) is 2.71. The number of benzene rings is 1. The van der Waals surface area contributed by atoms with Gasteiger partial charge in [-0.15, -0.1) is 0 Å². The van der Waals surface area contributed by atoms with E-state index in [1.54, 1.807) is 14.0 Å². The van der Waals surface area contributed by atoms with Crippen LogP contribution in [0.3, 0.4) is 0 Å². The number of anilines is 1. The summed E-state index contributed by atoms with van der Waals surface area (Å²) in [5, 5.41) is 16.0. The Morgan fingerprint density at radius 2 is 2.10 bits per heavy atom. The van der Waals surface area contributed by atoms with Crippen molar-refractivity contribution in [3.8, 4) is 0 Å². The maximum atomic E-state index is 12.1. The van der Waals surface area contributed by atoms with Gasteiger partial charge in [-0.3, -0.25) is 14.9 Å². The number of ether oxygens (including phenoxy) is 1. The van der Waals surface area contributed by atoms with Crippen LogP contribution in [0.15, 0.2) is 18.2 Å². The molecule has 21 heavy (non-hydrogen) atoms. The molecule has 0 saturated carbocycles. The van der Waals surface area contributed by atoms with E-state index in [2.05, 4.69) is 10.6 Å². The van der Waals surface area contributed by atoms with Gasteiger partial charge in [-0.25, -0.2) is 4.79 Å². The Morgan fingerprint density at radius 3 is 2.62 bits per heavy atom. The standard InChI is InChI=1S/C13H17N3O5/c1-4-15-12(17)8(2)21-13(18)10-7-9(16(19)20)5-6-11(10)14-3/h5-8,14H,4H2,1-3H3,(H,15,17)/t8-/m0/s1. The van der Waals surface area contributed by atoms with Gasteiger partial charge in [0.25, 0.3) is 11.6 Å². The van der Waals surface area contributed by atoms with E-state index < -0.39 is 22.9 Å². The number of carbonyl (C=O) groups is 2. The third kappa shape index (κ3) is 4.16. The smallest absolute Gasteiger partial charge is 0.341 e. The lowest BCUT2D eigenvalue weighted by Crippen LogP contribution is -2.35. The number of amides is 1. The largest absolute Gasteiger partial charge is 0.449 e. The van der Waals surface area contributed by atoms with Crippen molar-refractivity contribution in [3.63, 3.8) is 0 Å². The zero-order chi connectivity index (χ0) is 16.0. The van der Waals surface area contributed by atoms with Gasteiger partial charge in [0.1, 0.15) is 0 Å². The molecule has 0 heterocycles.